The molecule has 3 N–H and O–H groups in total. The molecule has 2 aromatic heterocycles. The summed E-state index contributed by atoms with van der Waals surface area (Å²) in [6.45, 7) is 4.83. The van der Waals surface area contributed by atoms with Gasteiger partial charge in [0, 0.05) is 37.3 Å². The van der Waals surface area contributed by atoms with Gasteiger partial charge in [0.15, 0.2) is 5.82 Å². The van der Waals surface area contributed by atoms with E-state index in [2.05, 4.69) is 19.8 Å². The zero-order valence-corrected chi connectivity index (χ0v) is 19.3. The van der Waals surface area contributed by atoms with E-state index in [4.69, 9.17) is 33.9 Å². The number of anilines is 3. The maximum atomic E-state index is 9.97. The van der Waals surface area contributed by atoms with Gasteiger partial charge >= 0.3 is 0 Å². The molecule has 1 saturated heterocycles. The highest BCUT2D eigenvalue weighted by Crippen LogP contribution is 2.37. The summed E-state index contributed by atoms with van der Waals surface area (Å²) in [5.74, 6) is 0.712. The van der Waals surface area contributed by atoms with Crippen molar-refractivity contribution in [2.75, 3.05) is 41.7 Å². The van der Waals surface area contributed by atoms with Crippen molar-refractivity contribution in [3.8, 4) is 0 Å². The van der Waals surface area contributed by atoms with Crippen LogP contribution in [0.3, 0.4) is 0 Å². The lowest BCUT2D eigenvalue weighted by molar-refractivity contribution is 0.275. The van der Waals surface area contributed by atoms with Crippen molar-refractivity contribution in [3.05, 3.63) is 58.1 Å². The van der Waals surface area contributed by atoms with Crippen molar-refractivity contribution < 1.29 is 5.11 Å². The first kappa shape index (κ1) is 22.0. The summed E-state index contributed by atoms with van der Waals surface area (Å²) in [7, 11) is 0. The number of aliphatic hydroxyl groups is 1. The number of aromatic nitrogens is 3. The van der Waals surface area contributed by atoms with Crippen LogP contribution in [0, 0.1) is 6.92 Å². The van der Waals surface area contributed by atoms with Crippen molar-refractivity contribution in [3.63, 3.8) is 0 Å². The van der Waals surface area contributed by atoms with Gasteiger partial charge in [0.25, 0.3) is 0 Å². The number of aliphatic hydroxyl groups excluding tert-OH is 1. The van der Waals surface area contributed by atoms with Gasteiger partial charge in [-0.05, 0) is 25.1 Å². The highest BCUT2D eigenvalue weighted by Gasteiger charge is 2.23. The Kier molecular flexibility index (Phi) is 6.71. The van der Waals surface area contributed by atoms with Crippen LogP contribution in [0.2, 0.25) is 10.2 Å². The number of hydrogen-bond donors (Lipinski definition) is 2. The van der Waals surface area contributed by atoms with Gasteiger partial charge < -0.3 is 20.6 Å². The van der Waals surface area contributed by atoms with Crippen molar-refractivity contribution in [2.45, 2.75) is 23.5 Å². The van der Waals surface area contributed by atoms with Gasteiger partial charge in [0.2, 0.25) is 0 Å². The third kappa shape index (κ3) is 4.67. The molecule has 0 aliphatic carbocycles. The Bertz CT molecular complexity index is 1090. The second-order valence-corrected chi connectivity index (χ2v) is 8.86. The Hall–Kier alpha value is -2.26. The molecule has 10 heteroatoms. The van der Waals surface area contributed by atoms with E-state index in [1.54, 1.807) is 12.3 Å². The van der Waals surface area contributed by atoms with Crippen molar-refractivity contribution in [2.24, 2.45) is 0 Å². The number of hydrogen-bond acceptors (Lipinski definition) is 8. The second-order valence-electron chi connectivity index (χ2n) is 7.09. The molecule has 4 rings (SSSR count). The summed E-state index contributed by atoms with van der Waals surface area (Å²) in [5.41, 5.74) is 9.25. The predicted octanol–water partition coefficient (Wildman–Crippen LogP) is 4.04. The van der Waals surface area contributed by atoms with Crippen molar-refractivity contribution in [1.82, 2.24) is 15.0 Å². The van der Waals surface area contributed by atoms with Gasteiger partial charge in [-0.2, -0.15) is 0 Å². The molecule has 1 aromatic carbocycles. The standard InChI is InChI=1S/C21H22Cl2N6OS/c1-13-21(31-17-6-7-25-19(23)18(17)22)27-15(12-30)20(26-13)29-10-8-28(9-11-29)16-5-3-2-4-14(16)24/h2-7,30H,8-12,24H2,1H3. The quantitative estimate of drug-likeness (QED) is 0.420. The average molecular weight is 477 g/mol. The average Bonchev–Trinajstić information content (AvgIpc) is 2.78. The Morgan fingerprint density at radius 3 is 2.48 bits per heavy atom. The van der Waals surface area contributed by atoms with Gasteiger partial charge in [-0.1, -0.05) is 47.1 Å². The largest absolute Gasteiger partial charge is 0.397 e. The number of nitrogen functional groups attached to an aromatic ring is 1. The van der Waals surface area contributed by atoms with E-state index in [9.17, 15) is 5.11 Å². The molecule has 1 aliphatic rings. The number of rotatable bonds is 5. The number of nitrogens with two attached hydrogens (primary N) is 1. The highest BCUT2D eigenvalue weighted by atomic mass is 35.5. The van der Waals surface area contributed by atoms with E-state index in [0.717, 1.165) is 48.1 Å². The van der Waals surface area contributed by atoms with Crippen LogP contribution >= 0.6 is 35.0 Å². The summed E-state index contributed by atoms with van der Waals surface area (Å²) in [6, 6.07) is 9.67. The number of aryl methyl sites for hydroxylation is 1. The van der Waals surface area contributed by atoms with E-state index in [1.807, 2.05) is 31.2 Å². The zero-order valence-electron chi connectivity index (χ0n) is 16.9. The van der Waals surface area contributed by atoms with Gasteiger partial charge in [-0.25, -0.2) is 15.0 Å². The number of nitrogens with zero attached hydrogens (tertiary/aromatic N) is 5. The summed E-state index contributed by atoms with van der Waals surface area (Å²) in [4.78, 5) is 18.6. The number of piperazine rings is 1. The first-order valence-electron chi connectivity index (χ1n) is 9.78. The zero-order chi connectivity index (χ0) is 22.0. The lowest BCUT2D eigenvalue weighted by Crippen LogP contribution is -2.47. The van der Waals surface area contributed by atoms with Gasteiger partial charge in [0.1, 0.15) is 15.9 Å². The fourth-order valence-corrected chi connectivity index (χ4v) is 4.81. The lowest BCUT2D eigenvalue weighted by atomic mass is 10.2. The van der Waals surface area contributed by atoms with Crippen LogP contribution in [0.1, 0.15) is 11.4 Å². The molecule has 7 nitrogen and oxygen atoms in total. The molecular formula is C21H22Cl2N6OS. The van der Waals surface area contributed by atoms with Crippen LogP contribution in [0.15, 0.2) is 46.5 Å². The van der Waals surface area contributed by atoms with Crippen LogP contribution in [0.4, 0.5) is 17.2 Å². The third-order valence-corrected chi connectivity index (χ3v) is 7.12. The lowest BCUT2D eigenvalue weighted by Gasteiger charge is -2.37. The molecule has 0 spiro atoms. The fraction of sp³-hybridized carbons (Fsp3) is 0.286. The second kappa shape index (κ2) is 9.48. The SMILES string of the molecule is Cc1nc(N2CCN(c3ccccc3N)CC2)c(CO)nc1Sc1ccnc(Cl)c1Cl. The summed E-state index contributed by atoms with van der Waals surface area (Å²) in [6.07, 6.45) is 1.60. The topological polar surface area (TPSA) is 91.4 Å². The maximum absolute atomic E-state index is 9.97. The molecule has 0 atom stereocenters. The minimum absolute atomic E-state index is 0.202. The minimum Gasteiger partial charge on any atom is -0.397 e. The molecule has 3 aromatic rings. The molecule has 3 heterocycles. The predicted molar refractivity (Wildman–Crippen MR) is 126 cm³/mol. The Morgan fingerprint density at radius 1 is 1.06 bits per heavy atom. The minimum atomic E-state index is -0.202. The fourth-order valence-electron chi connectivity index (χ4n) is 3.50. The number of pyridine rings is 1. The molecule has 0 bridgehead atoms. The molecular weight excluding hydrogens is 455 g/mol. The van der Waals surface area contributed by atoms with Crippen LogP contribution in [0.25, 0.3) is 0 Å². The monoisotopic (exact) mass is 476 g/mol. The molecule has 31 heavy (non-hydrogen) atoms. The van der Waals surface area contributed by atoms with Crippen LogP contribution in [-0.4, -0.2) is 46.2 Å². The number of halogens is 2. The molecule has 0 unspecified atom stereocenters. The van der Waals surface area contributed by atoms with Crippen molar-refractivity contribution in [1.29, 1.82) is 0 Å². The molecule has 1 fully saturated rings. The molecule has 0 amide bonds. The van der Waals surface area contributed by atoms with Crippen LogP contribution < -0.4 is 15.5 Å². The van der Waals surface area contributed by atoms with E-state index in [1.165, 1.54) is 11.8 Å². The van der Waals surface area contributed by atoms with Crippen LogP contribution in [0.5, 0.6) is 0 Å². The smallest absolute Gasteiger partial charge is 0.153 e. The first-order chi connectivity index (χ1) is 15.0. The maximum Gasteiger partial charge on any atom is 0.153 e. The van der Waals surface area contributed by atoms with Crippen LogP contribution in [-0.2, 0) is 6.61 Å². The van der Waals surface area contributed by atoms with Gasteiger partial charge in [0.05, 0.1) is 28.7 Å². The number of para-hydroxylation sites is 2. The molecule has 1 aliphatic heterocycles. The molecule has 162 valence electrons. The molecule has 0 saturated carbocycles. The summed E-state index contributed by atoms with van der Waals surface area (Å²) in [5, 5.41) is 11.3. The summed E-state index contributed by atoms with van der Waals surface area (Å²) >= 11 is 13.6. The highest BCUT2D eigenvalue weighted by molar-refractivity contribution is 7.99. The number of benzene rings is 1. The van der Waals surface area contributed by atoms with E-state index < -0.39 is 0 Å². The molecule has 0 radical (unpaired) electrons. The summed E-state index contributed by atoms with van der Waals surface area (Å²) < 4.78 is 0. The van der Waals surface area contributed by atoms with Crippen molar-refractivity contribution >= 4 is 52.2 Å². The normalized spacial score (nSPS) is 14.2. The van der Waals surface area contributed by atoms with E-state index in [-0.39, 0.29) is 11.8 Å². The first-order valence-corrected chi connectivity index (χ1v) is 11.4. The Morgan fingerprint density at radius 2 is 1.77 bits per heavy atom. The third-order valence-electron chi connectivity index (χ3n) is 5.10. The Balaban J connectivity index is 1.54. The van der Waals surface area contributed by atoms with Gasteiger partial charge in [-0.3, -0.25) is 0 Å². The Labute approximate surface area is 195 Å². The van der Waals surface area contributed by atoms with E-state index in [0.29, 0.717) is 21.6 Å². The van der Waals surface area contributed by atoms with Gasteiger partial charge in [-0.15, -0.1) is 0 Å². The van der Waals surface area contributed by atoms with E-state index >= 15 is 0 Å².